The van der Waals surface area contributed by atoms with Crippen LogP contribution >= 0.6 is 11.8 Å². The second kappa shape index (κ2) is 6.87. The molecule has 0 bridgehead atoms. The monoisotopic (exact) mass is 290 g/mol. The number of pyridine rings is 1. The number of hydrogen-bond donors (Lipinski definition) is 0. The maximum Gasteiger partial charge on any atom is 0.161 e. The van der Waals surface area contributed by atoms with Crippen LogP contribution in [0, 0.1) is 18.3 Å². The number of Topliss-reactive ketones (excluding diaryl/α,β-unsaturated/α-hetero) is 1. The van der Waals surface area contributed by atoms with Crippen molar-refractivity contribution in [2.75, 3.05) is 12.4 Å². The van der Waals surface area contributed by atoms with Gasteiger partial charge in [-0.3, -0.25) is 4.79 Å². The first kappa shape index (κ1) is 15.0. The molecule has 106 valence electrons. The molecule has 0 spiro atoms. The largest absolute Gasteiger partial charge is 0.377 e. The molecule has 0 N–H and O–H groups in total. The fourth-order valence-corrected chi connectivity index (χ4v) is 3.31. The van der Waals surface area contributed by atoms with E-state index in [2.05, 4.69) is 11.1 Å². The van der Waals surface area contributed by atoms with E-state index in [0.717, 1.165) is 25.2 Å². The highest BCUT2D eigenvalue weighted by molar-refractivity contribution is 7.99. The lowest BCUT2D eigenvalue weighted by Gasteiger charge is -2.22. The lowest BCUT2D eigenvalue weighted by molar-refractivity contribution is 0.0315. The lowest BCUT2D eigenvalue weighted by atomic mass is 10.1. The fourth-order valence-electron chi connectivity index (χ4n) is 2.24. The van der Waals surface area contributed by atoms with Gasteiger partial charge in [0, 0.05) is 23.6 Å². The molecule has 0 aromatic carbocycles. The normalized spacial score (nSPS) is 18.6. The van der Waals surface area contributed by atoms with E-state index in [1.165, 1.54) is 13.3 Å². The SMILES string of the molecule is CC(=O)c1cc(C#N)c(SCC2CCCCO2)nc1C. The van der Waals surface area contributed by atoms with E-state index in [-0.39, 0.29) is 11.9 Å². The van der Waals surface area contributed by atoms with Gasteiger partial charge in [0.2, 0.25) is 0 Å². The van der Waals surface area contributed by atoms with E-state index in [4.69, 9.17) is 4.74 Å². The molecule has 1 unspecified atom stereocenters. The summed E-state index contributed by atoms with van der Waals surface area (Å²) in [7, 11) is 0. The Labute approximate surface area is 123 Å². The third-order valence-electron chi connectivity index (χ3n) is 3.36. The summed E-state index contributed by atoms with van der Waals surface area (Å²) in [6, 6.07) is 3.78. The Balaban J connectivity index is 2.12. The van der Waals surface area contributed by atoms with E-state index < -0.39 is 0 Å². The smallest absolute Gasteiger partial charge is 0.161 e. The second-order valence-electron chi connectivity index (χ2n) is 4.94. The molecule has 1 saturated heterocycles. The Morgan fingerprint density at radius 3 is 3.00 bits per heavy atom. The van der Waals surface area contributed by atoms with E-state index >= 15 is 0 Å². The zero-order valence-electron chi connectivity index (χ0n) is 11.8. The van der Waals surface area contributed by atoms with Crippen LogP contribution in [0.1, 0.15) is 47.8 Å². The topological polar surface area (TPSA) is 63.0 Å². The molecular formula is C15H18N2O2S. The Hall–Kier alpha value is -1.38. The molecule has 1 fully saturated rings. The minimum absolute atomic E-state index is 0.0568. The molecule has 1 aromatic heterocycles. The summed E-state index contributed by atoms with van der Waals surface area (Å²) in [6.07, 6.45) is 3.65. The predicted octanol–water partition coefficient (Wildman–Crippen LogP) is 3.13. The van der Waals surface area contributed by atoms with Crippen molar-refractivity contribution >= 4 is 17.5 Å². The number of thioether (sulfide) groups is 1. The second-order valence-corrected chi connectivity index (χ2v) is 5.95. The minimum atomic E-state index is -0.0568. The zero-order chi connectivity index (χ0) is 14.5. The van der Waals surface area contributed by atoms with Crippen molar-refractivity contribution in [3.8, 4) is 6.07 Å². The molecule has 1 atom stereocenters. The van der Waals surface area contributed by atoms with Crippen molar-refractivity contribution in [3.05, 3.63) is 22.9 Å². The Kier molecular flexibility index (Phi) is 5.16. The number of ether oxygens (including phenoxy) is 1. The fraction of sp³-hybridized carbons (Fsp3) is 0.533. The van der Waals surface area contributed by atoms with Gasteiger partial charge in [-0.1, -0.05) is 0 Å². The average molecular weight is 290 g/mol. The van der Waals surface area contributed by atoms with Gasteiger partial charge in [-0.15, -0.1) is 11.8 Å². The molecule has 4 nitrogen and oxygen atoms in total. The lowest BCUT2D eigenvalue weighted by Crippen LogP contribution is -2.21. The number of ketones is 1. The summed E-state index contributed by atoms with van der Waals surface area (Å²) in [5, 5.41) is 9.90. The molecule has 2 rings (SSSR count). The first-order chi connectivity index (χ1) is 9.61. The molecule has 0 saturated carbocycles. The highest BCUT2D eigenvalue weighted by atomic mass is 32.2. The summed E-state index contributed by atoms with van der Waals surface area (Å²) < 4.78 is 5.68. The Bertz CT molecular complexity index is 546. The Morgan fingerprint density at radius 2 is 2.40 bits per heavy atom. The van der Waals surface area contributed by atoms with Crippen LogP contribution in [0.3, 0.4) is 0 Å². The maximum atomic E-state index is 11.5. The van der Waals surface area contributed by atoms with E-state index in [1.54, 1.807) is 24.8 Å². The summed E-state index contributed by atoms with van der Waals surface area (Å²) in [4.78, 5) is 15.9. The molecule has 0 amide bonds. The molecule has 20 heavy (non-hydrogen) atoms. The van der Waals surface area contributed by atoms with Crippen LogP contribution < -0.4 is 0 Å². The zero-order valence-corrected chi connectivity index (χ0v) is 12.6. The molecular weight excluding hydrogens is 272 g/mol. The van der Waals surface area contributed by atoms with Crippen LogP contribution in [-0.2, 0) is 4.74 Å². The van der Waals surface area contributed by atoms with Crippen LogP contribution in [0.15, 0.2) is 11.1 Å². The summed E-state index contributed by atoms with van der Waals surface area (Å²) in [5.74, 6) is 0.749. The number of rotatable bonds is 4. The van der Waals surface area contributed by atoms with E-state index in [9.17, 15) is 10.1 Å². The van der Waals surface area contributed by atoms with Crippen LogP contribution in [-0.4, -0.2) is 29.2 Å². The van der Waals surface area contributed by atoms with Crippen molar-refractivity contribution < 1.29 is 9.53 Å². The summed E-state index contributed by atoms with van der Waals surface area (Å²) >= 11 is 1.54. The van der Waals surface area contributed by atoms with Gasteiger partial charge >= 0.3 is 0 Å². The third-order valence-corrected chi connectivity index (χ3v) is 4.48. The molecule has 1 aromatic rings. The minimum Gasteiger partial charge on any atom is -0.377 e. The quantitative estimate of drug-likeness (QED) is 0.629. The van der Waals surface area contributed by atoms with Gasteiger partial charge in [-0.05, 0) is 39.2 Å². The van der Waals surface area contributed by atoms with Gasteiger partial charge in [-0.2, -0.15) is 5.26 Å². The molecule has 5 heteroatoms. The van der Waals surface area contributed by atoms with E-state index in [0.29, 0.717) is 21.8 Å². The number of carbonyl (C=O) groups excluding carboxylic acids is 1. The molecule has 1 aliphatic rings. The standard InChI is InChI=1S/C15H18N2O2S/c1-10-14(11(2)18)7-12(8-16)15(17-10)20-9-13-5-3-4-6-19-13/h7,13H,3-6,9H2,1-2H3. The first-order valence-electron chi connectivity index (χ1n) is 6.79. The van der Waals surface area contributed by atoms with Crippen LogP contribution in [0.2, 0.25) is 0 Å². The number of aryl methyl sites for hydroxylation is 1. The van der Waals surface area contributed by atoms with Gasteiger partial charge < -0.3 is 4.74 Å². The van der Waals surface area contributed by atoms with Crippen LogP contribution in [0.5, 0.6) is 0 Å². The van der Waals surface area contributed by atoms with Crippen molar-refractivity contribution in [3.63, 3.8) is 0 Å². The van der Waals surface area contributed by atoms with E-state index in [1.807, 2.05) is 0 Å². The van der Waals surface area contributed by atoms with Gasteiger partial charge in [0.1, 0.15) is 11.1 Å². The van der Waals surface area contributed by atoms with Crippen molar-refractivity contribution in [2.45, 2.75) is 44.2 Å². The number of nitriles is 1. The number of carbonyl (C=O) groups is 1. The molecule has 1 aliphatic heterocycles. The van der Waals surface area contributed by atoms with Crippen molar-refractivity contribution in [2.24, 2.45) is 0 Å². The number of nitrogens with zero attached hydrogens (tertiary/aromatic N) is 2. The van der Waals surface area contributed by atoms with Gasteiger partial charge in [0.05, 0.1) is 11.7 Å². The van der Waals surface area contributed by atoms with Crippen molar-refractivity contribution in [1.29, 1.82) is 5.26 Å². The predicted molar refractivity (Wildman–Crippen MR) is 78.0 cm³/mol. The van der Waals surface area contributed by atoms with Gasteiger partial charge in [0.15, 0.2) is 5.78 Å². The highest BCUT2D eigenvalue weighted by Crippen LogP contribution is 2.26. The summed E-state index contributed by atoms with van der Waals surface area (Å²) in [5.41, 5.74) is 1.69. The maximum absolute atomic E-state index is 11.5. The van der Waals surface area contributed by atoms with Crippen LogP contribution in [0.4, 0.5) is 0 Å². The molecule has 2 heterocycles. The average Bonchev–Trinajstić information content (AvgIpc) is 2.46. The van der Waals surface area contributed by atoms with Crippen molar-refractivity contribution in [1.82, 2.24) is 4.98 Å². The Morgan fingerprint density at radius 1 is 1.60 bits per heavy atom. The number of hydrogen-bond acceptors (Lipinski definition) is 5. The third kappa shape index (κ3) is 3.59. The van der Waals surface area contributed by atoms with Crippen LogP contribution in [0.25, 0.3) is 0 Å². The summed E-state index contributed by atoms with van der Waals surface area (Å²) in [6.45, 7) is 4.12. The highest BCUT2D eigenvalue weighted by Gasteiger charge is 2.17. The van der Waals surface area contributed by atoms with Gasteiger partial charge in [0.25, 0.3) is 0 Å². The number of aromatic nitrogens is 1. The molecule has 0 radical (unpaired) electrons. The molecule has 0 aliphatic carbocycles. The van der Waals surface area contributed by atoms with Gasteiger partial charge in [-0.25, -0.2) is 4.98 Å². The first-order valence-corrected chi connectivity index (χ1v) is 7.77.